The minimum absolute atomic E-state index is 0.00278. The molecule has 0 aliphatic carbocycles. The van der Waals surface area contributed by atoms with Gasteiger partial charge in [0.15, 0.2) is 22.4 Å². The summed E-state index contributed by atoms with van der Waals surface area (Å²) in [5, 5.41) is 11.7. The number of hydrogen-bond acceptors (Lipinski definition) is 5. The molecule has 1 saturated heterocycles. The van der Waals surface area contributed by atoms with Crippen molar-refractivity contribution in [1.29, 1.82) is 0 Å². The zero-order chi connectivity index (χ0) is 40.5. The zero-order valence-electron chi connectivity index (χ0n) is 36.9. The van der Waals surface area contributed by atoms with Gasteiger partial charge in [0.05, 0.1) is 30.5 Å². The Balaban J connectivity index is 3.28. The Hall–Kier alpha value is -0.0762. The lowest BCUT2D eigenvalue weighted by Crippen LogP contribution is -2.48. The molecule has 1 N–H and O–H groups in total. The molecule has 0 unspecified atom stereocenters. The van der Waals surface area contributed by atoms with Crippen LogP contribution in [0.2, 0.25) is 36.3 Å². The lowest BCUT2D eigenvalue weighted by Gasteiger charge is -2.44. The van der Waals surface area contributed by atoms with E-state index in [9.17, 15) is 5.11 Å². The second kappa shape index (κ2) is 20.9. The van der Waals surface area contributed by atoms with Crippen LogP contribution in [0.5, 0.6) is 0 Å². The highest BCUT2D eigenvalue weighted by molar-refractivity contribution is 14.1. The molecule has 0 aromatic rings. The molecule has 0 radical (unpaired) electrons. The number of hydrogen-bond donors (Lipinski definition) is 1. The van der Waals surface area contributed by atoms with Gasteiger partial charge in [-0.05, 0) is 91.2 Å². The number of aliphatic hydroxyl groups excluding tert-OH is 1. The fourth-order valence-corrected chi connectivity index (χ4v) is 10.4. The predicted octanol–water partition coefficient (Wildman–Crippen LogP) is 13.3. The molecule has 0 saturated carbocycles. The van der Waals surface area contributed by atoms with Crippen LogP contribution in [0.15, 0.2) is 47.1 Å². The first-order valence-corrected chi connectivity index (χ1v) is 27.3. The molecule has 1 heterocycles. The molecule has 5 nitrogen and oxygen atoms in total. The average molecular weight is 875 g/mol. The standard InChI is InChI=1S/C44H83IO5Si2/c1-20-21-22-33(4)40(46)36(7)38(49-51(16,17)42(8,9)10)26-23-31(2)29-35(6)41(50-52(18,19)43(11,12)13)34(5)24-25-37-30-39(32(3)27-28-45)48-44(14,15)47-37/h20-22,24-25,27-28,31-41,46H,1,23,26,29-30H2,2-19H3/b22-21-,25-24-,28-27+/t31-,32+,33-,34-,35-,36-,37+,38+,39-,40-,41-/m0/s1. The second-order valence-electron chi connectivity index (χ2n) is 19.9. The van der Waals surface area contributed by atoms with Crippen molar-refractivity contribution >= 4 is 39.2 Å². The molecule has 0 amide bonds. The molecule has 1 rings (SSSR count). The molecular weight excluding hydrogens is 792 g/mol. The van der Waals surface area contributed by atoms with Crippen molar-refractivity contribution in [1.82, 2.24) is 0 Å². The summed E-state index contributed by atoms with van der Waals surface area (Å²) in [4.78, 5) is 0. The summed E-state index contributed by atoms with van der Waals surface area (Å²) in [6.07, 6.45) is 16.2. The molecule has 1 aliphatic rings. The van der Waals surface area contributed by atoms with E-state index in [-0.39, 0.29) is 52.2 Å². The number of halogens is 1. The van der Waals surface area contributed by atoms with Gasteiger partial charge >= 0.3 is 0 Å². The lowest BCUT2D eigenvalue weighted by molar-refractivity contribution is -0.295. The van der Waals surface area contributed by atoms with Crippen molar-refractivity contribution in [3.63, 3.8) is 0 Å². The Morgan fingerprint density at radius 1 is 0.846 bits per heavy atom. The third kappa shape index (κ3) is 15.8. The first kappa shape index (κ1) is 49.9. The maximum Gasteiger partial charge on any atom is 0.192 e. The van der Waals surface area contributed by atoms with Gasteiger partial charge in [-0.3, -0.25) is 0 Å². The molecule has 52 heavy (non-hydrogen) atoms. The van der Waals surface area contributed by atoms with Crippen molar-refractivity contribution in [3.8, 4) is 0 Å². The van der Waals surface area contributed by atoms with E-state index < -0.39 is 28.5 Å². The Labute approximate surface area is 338 Å². The lowest BCUT2D eigenvalue weighted by atomic mass is 9.82. The smallest absolute Gasteiger partial charge is 0.192 e. The van der Waals surface area contributed by atoms with Gasteiger partial charge in [0.1, 0.15) is 0 Å². The summed E-state index contributed by atoms with van der Waals surface area (Å²) in [5.41, 5.74) is 0. The van der Waals surface area contributed by atoms with E-state index in [1.165, 1.54) is 0 Å². The van der Waals surface area contributed by atoms with Crippen LogP contribution in [0.4, 0.5) is 0 Å². The Morgan fingerprint density at radius 3 is 1.92 bits per heavy atom. The summed E-state index contributed by atoms with van der Waals surface area (Å²) < 4.78 is 29.3. The second-order valence-corrected chi connectivity index (χ2v) is 30.1. The molecule has 11 atom stereocenters. The SMILES string of the molecule is C=C/C=C\[C@H](C)[C@H](O)[C@@H](C)[C@@H](CC[C@H](C)C[C@H](C)[C@@H](O[Si](C)(C)C(C)(C)C)[C@@H](C)/C=C\[C@@H]1C[C@@H]([C@H](C)/C=C/I)OC(C)(C)O1)O[Si](C)(C)C(C)(C)C. The summed E-state index contributed by atoms with van der Waals surface area (Å²) in [7, 11) is -4.11. The van der Waals surface area contributed by atoms with Gasteiger partial charge in [-0.1, -0.05) is 149 Å². The molecule has 1 aliphatic heterocycles. The van der Waals surface area contributed by atoms with E-state index in [0.717, 1.165) is 25.7 Å². The summed E-state index contributed by atoms with van der Waals surface area (Å²) in [6.45, 7) is 44.8. The molecule has 0 spiro atoms. The van der Waals surface area contributed by atoms with Crippen LogP contribution in [0.1, 0.15) is 123 Å². The number of allylic oxidation sites excluding steroid dienone is 2. The van der Waals surface area contributed by atoms with Crippen LogP contribution < -0.4 is 0 Å². The third-order valence-electron chi connectivity index (χ3n) is 12.4. The van der Waals surface area contributed by atoms with Crippen LogP contribution in [0.25, 0.3) is 0 Å². The zero-order valence-corrected chi connectivity index (χ0v) is 41.0. The third-order valence-corrected chi connectivity index (χ3v) is 21.8. The monoisotopic (exact) mass is 874 g/mol. The molecule has 304 valence electrons. The van der Waals surface area contributed by atoms with E-state index in [4.69, 9.17) is 18.3 Å². The number of aliphatic hydroxyl groups is 1. The molecule has 1 fully saturated rings. The van der Waals surface area contributed by atoms with E-state index >= 15 is 0 Å². The van der Waals surface area contributed by atoms with Crippen LogP contribution >= 0.6 is 22.6 Å². The highest BCUT2D eigenvalue weighted by atomic mass is 127. The largest absolute Gasteiger partial charge is 0.414 e. The van der Waals surface area contributed by atoms with Crippen molar-refractivity contribution in [2.75, 3.05) is 0 Å². The van der Waals surface area contributed by atoms with Gasteiger partial charge in [0, 0.05) is 24.2 Å². The molecule has 8 heteroatoms. The number of rotatable bonds is 20. The fraction of sp³-hybridized carbons (Fsp3) is 0.818. The van der Waals surface area contributed by atoms with Crippen LogP contribution in [-0.4, -0.2) is 58.0 Å². The van der Waals surface area contributed by atoms with Gasteiger partial charge in [-0.2, -0.15) is 0 Å². The maximum absolute atomic E-state index is 11.5. The first-order valence-electron chi connectivity index (χ1n) is 20.2. The quantitative estimate of drug-likeness (QED) is 0.0572. The van der Waals surface area contributed by atoms with Gasteiger partial charge in [-0.25, -0.2) is 0 Å². The van der Waals surface area contributed by atoms with Crippen molar-refractivity contribution < 1.29 is 23.4 Å². The van der Waals surface area contributed by atoms with E-state index in [0.29, 0.717) is 17.8 Å². The van der Waals surface area contributed by atoms with Gasteiger partial charge in [-0.15, -0.1) is 0 Å². The van der Waals surface area contributed by atoms with E-state index in [1.54, 1.807) is 6.08 Å². The topological polar surface area (TPSA) is 57.2 Å². The van der Waals surface area contributed by atoms with Gasteiger partial charge in [0.25, 0.3) is 0 Å². The minimum atomic E-state index is -2.06. The highest BCUT2D eigenvalue weighted by Crippen LogP contribution is 2.42. The van der Waals surface area contributed by atoms with Crippen LogP contribution in [-0.2, 0) is 18.3 Å². The van der Waals surface area contributed by atoms with Gasteiger partial charge in [0.2, 0.25) is 0 Å². The van der Waals surface area contributed by atoms with Crippen molar-refractivity contribution in [3.05, 3.63) is 47.1 Å². The number of ether oxygens (including phenoxy) is 2. The first-order chi connectivity index (χ1) is 23.6. The normalized spacial score (nSPS) is 24.8. The summed E-state index contributed by atoms with van der Waals surface area (Å²) in [6, 6.07) is 0. The Bertz CT molecular complexity index is 1150. The Morgan fingerprint density at radius 2 is 1.40 bits per heavy atom. The molecule has 0 bridgehead atoms. The summed E-state index contributed by atoms with van der Waals surface area (Å²) >= 11 is 2.29. The highest BCUT2D eigenvalue weighted by Gasteiger charge is 2.43. The van der Waals surface area contributed by atoms with Crippen LogP contribution in [0.3, 0.4) is 0 Å². The average Bonchev–Trinajstić information content (AvgIpc) is 3.00. The van der Waals surface area contributed by atoms with E-state index in [2.05, 4.69) is 167 Å². The molecule has 0 aromatic carbocycles. The fourth-order valence-electron chi connectivity index (χ4n) is 6.81. The summed E-state index contributed by atoms with van der Waals surface area (Å²) in [5.74, 6) is 0.806. The maximum atomic E-state index is 11.5. The van der Waals surface area contributed by atoms with Gasteiger partial charge < -0.3 is 23.4 Å². The predicted molar refractivity (Wildman–Crippen MR) is 239 cm³/mol. The van der Waals surface area contributed by atoms with Crippen LogP contribution in [0, 0.1) is 35.5 Å². The Kier molecular flexibility index (Phi) is 20.1. The molecular formula is C44H83IO5Si2. The minimum Gasteiger partial charge on any atom is -0.414 e. The van der Waals surface area contributed by atoms with E-state index in [1.807, 2.05) is 19.9 Å². The molecule has 0 aromatic heterocycles. The van der Waals surface area contributed by atoms with Crippen molar-refractivity contribution in [2.45, 2.75) is 195 Å². The van der Waals surface area contributed by atoms with Crippen molar-refractivity contribution in [2.24, 2.45) is 35.5 Å².